The number of hydrogen-bond acceptors (Lipinski definition) is 1. The minimum Gasteiger partial charge on any atom is -0.324 e. The molecule has 0 aliphatic heterocycles. The number of benzene rings is 1. The van der Waals surface area contributed by atoms with Gasteiger partial charge in [-0.15, -0.1) is 12.4 Å². The first kappa shape index (κ1) is 11.5. The molecule has 14 heavy (non-hydrogen) atoms. The molecule has 2 rings (SSSR count). The van der Waals surface area contributed by atoms with E-state index in [9.17, 15) is 0 Å². The lowest BCUT2D eigenvalue weighted by Gasteiger charge is -2.22. The molecule has 0 unspecified atom stereocenters. The molecule has 2 heteroatoms. The Morgan fingerprint density at radius 3 is 2.93 bits per heavy atom. The Hall–Kier alpha value is -0.530. The maximum Gasteiger partial charge on any atom is 0.0297 e. The molecular weight excluding hydrogens is 194 g/mol. The monoisotopic (exact) mass is 211 g/mol. The molecular formula is C12H18ClN. The predicted octanol–water partition coefficient (Wildman–Crippen LogP) is 3.01. The Morgan fingerprint density at radius 2 is 2.21 bits per heavy atom. The van der Waals surface area contributed by atoms with Crippen molar-refractivity contribution in [2.75, 3.05) is 0 Å². The number of aryl methyl sites for hydroxylation is 2. The third-order valence-corrected chi connectivity index (χ3v) is 2.98. The van der Waals surface area contributed by atoms with Gasteiger partial charge in [0.1, 0.15) is 0 Å². The molecule has 1 aromatic rings. The molecule has 78 valence electrons. The van der Waals surface area contributed by atoms with Crippen molar-refractivity contribution in [2.45, 2.75) is 38.6 Å². The smallest absolute Gasteiger partial charge is 0.0297 e. The lowest BCUT2D eigenvalue weighted by molar-refractivity contribution is 0.569. The Kier molecular flexibility index (Phi) is 3.97. The van der Waals surface area contributed by atoms with E-state index in [2.05, 4.69) is 25.1 Å². The van der Waals surface area contributed by atoms with Gasteiger partial charge in [0.25, 0.3) is 0 Å². The van der Waals surface area contributed by atoms with Gasteiger partial charge in [0.2, 0.25) is 0 Å². The van der Waals surface area contributed by atoms with Crippen LogP contribution in [0.3, 0.4) is 0 Å². The zero-order chi connectivity index (χ0) is 9.26. The Balaban J connectivity index is 0.000000980. The molecule has 0 radical (unpaired) electrons. The van der Waals surface area contributed by atoms with Gasteiger partial charge in [-0.3, -0.25) is 0 Å². The lowest BCUT2D eigenvalue weighted by Crippen LogP contribution is -2.17. The first-order valence-electron chi connectivity index (χ1n) is 5.18. The lowest BCUT2D eigenvalue weighted by atomic mass is 9.87. The van der Waals surface area contributed by atoms with Crippen LogP contribution in [0.1, 0.15) is 42.5 Å². The molecule has 1 aliphatic rings. The zero-order valence-corrected chi connectivity index (χ0v) is 9.44. The average molecular weight is 212 g/mol. The van der Waals surface area contributed by atoms with E-state index in [1.165, 1.54) is 29.5 Å². The van der Waals surface area contributed by atoms with Crippen LogP contribution < -0.4 is 5.73 Å². The van der Waals surface area contributed by atoms with Gasteiger partial charge in [-0.2, -0.15) is 0 Å². The van der Waals surface area contributed by atoms with Crippen molar-refractivity contribution in [2.24, 2.45) is 5.73 Å². The molecule has 2 N–H and O–H groups in total. The van der Waals surface area contributed by atoms with Crippen LogP contribution in [0.4, 0.5) is 0 Å². The van der Waals surface area contributed by atoms with Crippen molar-refractivity contribution in [1.29, 1.82) is 0 Å². The summed E-state index contributed by atoms with van der Waals surface area (Å²) in [5.74, 6) is 0. The molecule has 1 aromatic carbocycles. The van der Waals surface area contributed by atoms with Gasteiger partial charge in [0.05, 0.1) is 0 Å². The van der Waals surface area contributed by atoms with Crippen molar-refractivity contribution in [3.8, 4) is 0 Å². The van der Waals surface area contributed by atoms with E-state index in [-0.39, 0.29) is 18.4 Å². The van der Waals surface area contributed by atoms with E-state index in [1.54, 1.807) is 0 Å². The highest BCUT2D eigenvalue weighted by Crippen LogP contribution is 2.28. The van der Waals surface area contributed by atoms with Crippen LogP contribution in [-0.4, -0.2) is 0 Å². The fourth-order valence-electron chi connectivity index (χ4n) is 2.11. The Bertz CT molecular complexity index is 309. The van der Waals surface area contributed by atoms with Crippen LogP contribution >= 0.6 is 12.4 Å². The van der Waals surface area contributed by atoms with Crippen LogP contribution in [0.15, 0.2) is 18.2 Å². The molecule has 1 aliphatic carbocycles. The number of rotatable bonds is 1. The molecule has 0 saturated carbocycles. The second-order valence-electron chi connectivity index (χ2n) is 3.89. The SMILES string of the molecule is CCc1ccc2c(c1)[C@H](N)CCC2.Cl. The average Bonchev–Trinajstić information content (AvgIpc) is 2.18. The quantitative estimate of drug-likeness (QED) is 0.760. The number of fused-ring (bicyclic) bond motifs is 1. The summed E-state index contributed by atoms with van der Waals surface area (Å²) in [7, 11) is 0. The summed E-state index contributed by atoms with van der Waals surface area (Å²) in [6.07, 6.45) is 4.73. The summed E-state index contributed by atoms with van der Waals surface area (Å²) in [5.41, 5.74) is 10.3. The van der Waals surface area contributed by atoms with Crippen molar-refractivity contribution < 1.29 is 0 Å². The number of nitrogens with two attached hydrogens (primary N) is 1. The summed E-state index contributed by atoms with van der Waals surface area (Å²) < 4.78 is 0. The van der Waals surface area contributed by atoms with Crippen LogP contribution in [0.25, 0.3) is 0 Å². The normalized spacial score (nSPS) is 19.7. The fourth-order valence-corrected chi connectivity index (χ4v) is 2.11. The summed E-state index contributed by atoms with van der Waals surface area (Å²) in [4.78, 5) is 0. The van der Waals surface area contributed by atoms with E-state index in [4.69, 9.17) is 5.73 Å². The standard InChI is InChI=1S/C12H17N.ClH/c1-2-9-6-7-10-4-3-5-12(13)11(10)8-9;/h6-8,12H,2-5,13H2,1H3;1H/t12-;/m1./s1. The third-order valence-electron chi connectivity index (χ3n) is 2.98. The topological polar surface area (TPSA) is 26.0 Å². The van der Waals surface area contributed by atoms with E-state index >= 15 is 0 Å². The third kappa shape index (κ3) is 2.10. The molecule has 0 heterocycles. The van der Waals surface area contributed by atoms with Crippen LogP contribution in [-0.2, 0) is 12.8 Å². The highest BCUT2D eigenvalue weighted by molar-refractivity contribution is 5.85. The maximum atomic E-state index is 6.07. The summed E-state index contributed by atoms with van der Waals surface area (Å²) >= 11 is 0. The van der Waals surface area contributed by atoms with Crippen molar-refractivity contribution >= 4 is 12.4 Å². The highest BCUT2D eigenvalue weighted by Gasteiger charge is 2.16. The Morgan fingerprint density at radius 1 is 1.43 bits per heavy atom. The van der Waals surface area contributed by atoms with Gasteiger partial charge in [-0.05, 0) is 42.4 Å². The van der Waals surface area contributed by atoms with Crippen molar-refractivity contribution in [1.82, 2.24) is 0 Å². The van der Waals surface area contributed by atoms with Crippen LogP contribution in [0.5, 0.6) is 0 Å². The van der Waals surface area contributed by atoms with Gasteiger partial charge in [-0.1, -0.05) is 25.1 Å². The number of hydrogen-bond donors (Lipinski definition) is 1. The molecule has 1 atom stereocenters. The van der Waals surface area contributed by atoms with E-state index < -0.39 is 0 Å². The fraction of sp³-hybridized carbons (Fsp3) is 0.500. The second-order valence-corrected chi connectivity index (χ2v) is 3.89. The molecule has 1 nitrogen and oxygen atoms in total. The summed E-state index contributed by atoms with van der Waals surface area (Å²) in [6, 6.07) is 7.07. The molecule has 0 saturated heterocycles. The summed E-state index contributed by atoms with van der Waals surface area (Å²) in [6.45, 7) is 2.19. The van der Waals surface area contributed by atoms with Gasteiger partial charge < -0.3 is 5.73 Å². The minimum absolute atomic E-state index is 0. The van der Waals surface area contributed by atoms with Crippen LogP contribution in [0.2, 0.25) is 0 Å². The molecule has 0 fully saturated rings. The maximum absolute atomic E-state index is 6.07. The van der Waals surface area contributed by atoms with Crippen molar-refractivity contribution in [3.05, 3.63) is 34.9 Å². The van der Waals surface area contributed by atoms with E-state index in [0.717, 1.165) is 12.8 Å². The number of halogens is 1. The summed E-state index contributed by atoms with van der Waals surface area (Å²) in [5, 5.41) is 0. The van der Waals surface area contributed by atoms with Gasteiger partial charge in [0, 0.05) is 6.04 Å². The minimum atomic E-state index is 0. The largest absolute Gasteiger partial charge is 0.324 e. The van der Waals surface area contributed by atoms with Gasteiger partial charge in [-0.25, -0.2) is 0 Å². The molecule has 0 aromatic heterocycles. The highest BCUT2D eigenvalue weighted by atomic mass is 35.5. The van der Waals surface area contributed by atoms with Gasteiger partial charge in [0.15, 0.2) is 0 Å². The zero-order valence-electron chi connectivity index (χ0n) is 8.62. The second kappa shape index (κ2) is 4.81. The predicted molar refractivity (Wildman–Crippen MR) is 62.9 cm³/mol. The Labute approximate surface area is 92.1 Å². The van der Waals surface area contributed by atoms with E-state index in [1.807, 2.05) is 0 Å². The van der Waals surface area contributed by atoms with Crippen LogP contribution in [0, 0.1) is 0 Å². The first-order valence-corrected chi connectivity index (χ1v) is 5.18. The van der Waals surface area contributed by atoms with Gasteiger partial charge >= 0.3 is 0 Å². The molecule has 0 spiro atoms. The van der Waals surface area contributed by atoms with Crippen molar-refractivity contribution in [3.63, 3.8) is 0 Å². The molecule has 0 bridgehead atoms. The first-order chi connectivity index (χ1) is 6.31. The molecule has 0 amide bonds. The van der Waals surface area contributed by atoms with E-state index in [0.29, 0.717) is 0 Å².